The molecule has 5 nitrogen and oxygen atoms in total. The summed E-state index contributed by atoms with van der Waals surface area (Å²) in [6, 6.07) is 5.84. The van der Waals surface area contributed by atoms with Crippen LogP contribution < -0.4 is 10.6 Å². The SMILES string of the molecule is CCC1C(N(O)O)CCN1c1ccc(N)c(C)c1. The predicted molar refractivity (Wildman–Crippen MR) is 70.8 cm³/mol. The molecule has 18 heavy (non-hydrogen) atoms. The van der Waals surface area contributed by atoms with Crippen LogP contribution in [0.15, 0.2) is 18.2 Å². The maximum absolute atomic E-state index is 9.26. The quantitative estimate of drug-likeness (QED) is 0.566. The maximum Gasteiger partial charge on any atom is 0.0843 e. The third-order valence-corrected chi connectivity index (χ3v) is 3.81. The summed E-state index contributed by atoms with van der Waals surface area (Å²) < 4.78 is 0. The van der Waals surface area contributed by atoms with Crippen molar-refractivity contribution in [2.24, 2.45) is 0 Å². The molecule has 0 aliphatic carbocycles. The van der Waals surface area contributed by atoms with Crippen LogP contribution in [-0.4, -0.2) is 34.3 Å². The molecule has 0 saturated carbocycles. The largest absolute Gasteiger partial charge is 0.399 e. The molecular formula is C13H21N3O2. The average molecular weight is 251 g/mol. The molecule has 1 heterocycles. The minimum Gasteiger partial charge on any atom is -0.399 e. The highest BCUT2D eigenvalue weighted by Gasteiger charge is 2.36. The number of benzene rings is 1. The third-order valence-electron chi connectivity index (χ3n) is 3.81. The summed E-state index contributed by atoms with van der Waals surface area (Å²) in [5.41, 5.74) is 8.76. The fourth-order valence-corrected chi connectivity index (χ4v) is 2.76. The Balaban J connectivity index is 2.25. The normalized spacial score (nSPS) is 23.9. The van der Waals surface area contributed by atoms with Crippen LogP contribution in [0, 0.1) is 6.92 Å². The fraction of sp³-hybridized carbons (Fsp3) is 0.538. The molecule has 0 bridgehead atoms. The van der Waals surface area contributed by atoms with E-state index in [-0.39, 0.29) is 12.1 Å². The summed E-state index contributed by atoms with van der Waals surface area (Å²) >= 11 is 0. The van der Waals surface area contributed by atoms with Crippen molar-refractivity contribution in [3.05, 3.63) is 23.8 Å². The molecule has 0 radical (unpaired) electrons. The first-order chi connectivity index (χ1) is 8.54. The van der Waals surface area contributed by atoms with Gasteiger partial charge in [0.25, 0.3) is 0 Å². The molecular weight excluding hydrogens is 230 g/mol. The van der Waals surface area contributed by atoms with E-state index >= 15 is 0 Å². The van der Waals surface area contributed by atoms with Gasteiger partial charge in [0, 0.05) is 24.0 Å². The average Bonchev–Trinajstić information content (AvgIpc) is 2.76. The van der Waals surface area contributed by atoms with Gasteiger partial charge in [-0.05, 0) is 43.5 Å². The number of anilines is 2. The molecule has 2 rings (SSSR count). The van der Waals surface area contributed by atoms with Crippen molar-refractivity contribution in [2.75, 3.05) is 17.2 Å². The second kappa shape index (κ2) is 5.14. The lowest BCUT2D eigenvalue weighted by molar-refractivity contribution is -0.332. The molecule has 1 fully saturated rings. The van der Waals surface area contributed by atoms with E-state index in [1.807, 2.05) is 19.1 Å². The lowest BCUT2D eigenvalue weighted by atomic mass is 10.1. The van der Waals surface area contributed by atoms with Crippen molar-refractivity contribution in [3.8, 4) is 0 Å². The van der Waals surface area contributed by atoms with E-state index in [2.05, 4.69) is 17.9 Å². The Bertz CT molecular complexity index is 423. The smallest absolute Gasteiger partial charge is 0.0843 e. The standard InChI is InChI=1S/C13H21N3O2/c1-3-12-13(16(17)18)6-7-15(12)10-4-5-11(14)9(2)8-10/h4-5,8,12-13,17-18H,3,6-7,14H2,1-2H3. The number of aryl methyl sites for hydroxylation is 1. The second-order valence-electron chi connectivity index (χ2n) is 4.89. The summed E-state index contributed by atoms with van der Waals surface area (Å²) in [5, 5.41) is 18.9. The van der Waals surface area contributed by atoms with E-state index < -0.39 is 0 Å². The predicted octanol–water partition coefficient (Wildman–Crippen LogP) is 2.01. The Morgan fingerprint density at radius 1 is 1.44 bits per heavy atom. The van der Waals surface area contributed by atoms with Gasteiger partial charge in [0.2, 0.25) is 0 Å². The van der Waals surface area contributed by atoms with Crippen LogP contribution in [0.1, 0.15) is 25.3 Å². The molecule has 1 saturated heterocycles. The molecule has 100 valence electrons. The summed E-state index contributed by atoms with van der Waals surface area (Å²) in [4.78, 5) is 2.22. The molecule has 4 N–H and O–H groups in total. The molecule has 0 aromatic heterocycles. The Kier molecular flexibility index (Phi) is 3.75. The number of hydrogen-bond acceptors (Lipinski definition) is 5. The van der Waals surface area contributed by atoms with Crippen LogP contribution in [0.4, 0.5) is 11.4 Å². The highest BCUT2D eigenvalue weighted by atomic mass is 16.8. The van der Waals surface area contributed by atoms with Crippen molar-refractivity contribution in [1.82, 2.24) is 5.23 Å². The molecule has 1 aliphatic heterocycles. The summed E-state index contributed by atoms with van der Waals surface area (Å²) in [6.07, 6.45) is 1.61. The van der Waals surface area contributed by atoms with Crippen LogP contribution >= 0.6 is 0 Å². The minimum absolute atomic E-state index is 0.114. The maximum atomic E-state index is 9.26. The zero-order chi connectivity index (χ0) is 13.3. The Morgan fingerprint density at radius 3 is 2.72 bits per heavy atom. The molecule has 5 heteroatoms. The number of nitrogens with zero attached hydrogens (tertiary/aromatic N) is 2. The first-order valence-corrected chi connectivity index (χ1v) is 6.34. The lowest BCUT2D eigenvalue weighted by Crippen LogP contribution is -2.42. The third kappa shape index (κ3) is 2.29. The molecule has 0 amide bonds. The highest BCUT2D eigenvalue weighted by molar-refractivity contribution is 5.59. The Morgan fingerprint density at radius 2 is 2.17 bits per heavy atom. The van der Waals surface area contributed by atoms with Gasteiger partial charge in [-0.15, -0.1) is 0 Å². The molecule has 1 aromatic rings. The number of rotatable bonds is 3. The van der Waals surface area contributed by atoms with Gasteiger partial charge in [-0.2, -0.15) is 0 Å². The van der Waals surface area contributed by atoms with E-state index in [9.17, 15) is 10.4 Å². The van der Waals surface area contributed by atoms with E-state index in [1.54, 1.807) is 0 Å². The van der Waals surface area contributed by atoms with E-state index in [1.165, 1.54) is 0 Å². The molecule has 2 unspecified atom stereocenters. The minimum atomic E-state index is -0.229. The van der Waals surface area contributed by atoms with Crippen molar-refractivity contribution in [1.29, 1.82) is 0 Å². The first kappa shape index (κ1) is 13.1. The number of hydroxylamine groups is 2. The fourth-order valence-electron chi connectivity index (χ4n) is 2.76. The monoisotopic (exact) mass is 251 g/mol. The van der Waals surface area contributed by atoms with Crippen molar-refractivity contribution >= 4 is 11.4 Å². The van der Waals surface area contributed by atoms with Crippen LogP contribution in [0.2, 0.25) is 0 Å². The van der Waals surface area contributed by atoms with E-state index in [0.717, 1.165) is 36.3 Å². The molecule has 1 aromatic carbocycles. The van der Waals surface area contributed by atoms with Crippen molar-refractivity contribution in [2.45, 2.75) is 38.8 Å². The van der Waals surface area contributed by atoms with Crippen LogP contribution in [0.3, 0.4) is 0 Å². The van der Waals surface area contributed by atoms with Gasteiger partial charge < -0.3 is 10.6 Å². The first-order valence-electron chi connectivity index (χ1n) is 6.34. The molecule has 1 aliphatic rings. The molecule has 2 atom stereocenters. The van der Waals surface area contributed by atoms with Crippen LogP contribution in [0.25, 0.3) is 0 Å². The van der Waals surface area contributed by atoms with Crippen LogP contribution in [0.5, 0.6) is 0 Å². The van der Waals surface area contributed by atoms with Gasteiger partial charge in [-0.3, -0.25) is 10.4 Å². The highest BCUT2D eigenvalue weighted by Crippen LogP contribution is 2.31. The molecule has 0 spiro atoms. The number of nitrogens with two attached hydrogens (primary N) is 1. The Labute approximate surface area is 107 Å². The van der Waals surface area contributed by atoms with Gasteiger partial charge in [0.05, 0.1) is 6.04 Å². The van der Waals surface area contributed by atoms with Crippen LogP contribution in [-0.2, 0) is 0 Å². The Hall–Kier alpha value is -1.30. The lowest BCUT2D eigenvalue weighted by Gasteiger charge is -2.30. The van der Waals surface area contributed by atoms with Crippen molar-refractivity contribution in [3.63, 3.8) is 0 Å². The van der Waals surface area contributed by atoms with Gasteiger partial charge in [-0.25, -0.2) is 0 Å². The van der Waals surface area contributed by atoms with E-state index in [4.69, 9.17) is 5.73 Å². The summed E-state index contributed by atoms with van der Waals surface area (Å²) in [5.74, 6) is 0. The van der Waals surface area contributed by atoms with Gasteiger partial charge in [0.15, 0.2) is 0 Å². The van der Waals surface area contributed by atoms with Gasteiger partial charge >= 0.3 is 0 Å². The van der Waals surface area contributed by atoms with Gasteiger partial charge in [-0.1, -0.05) is 12.2 Å². The zero-order valence-corrected chi connectivity index (χ0v) is 10.9. The van der Waals surface area contributed by atoms with E-state index in [0.29, 0.717) is 5.23 Å². The topological polar surface area (TPSA) is 73.0 Å². The van der Waals surface area contributed by atoms with Gasteiger partial charge in [0.1, 0.15) is 0 Å². The number of hydrogen-bond donors (Lipinski definition) is 3. The zero-order valence-electron chi connectivity index (χ0n) is 10.9. The summed E-state index contributed by atoms with van der Waals surface area (Å²) in [6.45, 7) is 4.87. The van der Waals surface area contributed by atoms with Crippen molar-refractivity contribution < 1.29 is 10.4 Å². The second-order valence-corrected chi connectivity index (χ2v) is 4.89. The number of nitrogen functional groups attached to an aromatic ring is 1. The summed E-state index contributed by atoms with van der Waals surface area (Å²) in [7, 11) is 0.